The third-order valence-corrected chi connectivity index (χ3v) is 4.61. The zero-order valence-electron chi connectivity index (χ0n) is 14.8. The monoisotopic (exact) mass is 336 g/mol. The van der Waals surface area contributed by atoms with Gasteiger partial charge in [-0.1, -0.05) is 12.1 Å². The Morgan fingerprint density at radius 1 is 0.800 bits per heavy atom. The molecule has 1 fully saturated rings. The van der Waals surface area contributed by atoms with E-state index in [9.17, 15) is 0 Å². The maximum absolute atomic E-state index is 6.13. The summed E-state index contributed by atoms with van der Waals surface area (Å²) in [5.41, 5.74) is 2.34. The van der Waals surface area contributed by atoms with Crippen LogP contribution in [0.25, 0.3) is 0 Å². The van der Waals surface area contributed by atoms with E-state index < -0.39 is 0 Å². The molecule has 0 bridgehead atoms. The molecule has 0 unspecified atom stereocenters. The van der Waals surface area contributed by atoms with Crippen molar-refractivity contribution in [3.05, 3.63) is 60.9 Å². The van der Waals surface area contributed by atoms with E-state index >= 15 is 0 Å². The Morgan fingerprint density at radius 3 is 2.16 bits per heavy atom. The Morgan fingerprint density at radius 2 is 1.52 bits per heavy atom. The average Bonchev–Trinajstić information content (AvgIpc) is 3.24. The van der Waals surface area contributed by atoms with E-state index in [0.29, 0.717) is 0 Å². The summed E-state index contributed by atoms with van der Waals surface area (Å²) in [6.07, 6.45) is 4.16. The predicted molar refractivity (Wildman–Crippen MR) is 102 cm³/mol. The van der Waals surface area contributed by atoms with Crippen LogP contribution in [-0.2, 0) is 0 Å². The van der Waals surface area contributed by atoms with Crippen LogP contribution >= 0.6 is 0 Å². The lowest BCUT2D eigenvalue weighted by Gasteiger charge is -2.20. The highest BCUT2D eigenvalue weighted by Crippen LogP contribution is 2.30. The van der Waals surface area contributed by atoms with E-state index in [1.807, 2.05) is 18.2 Å². The number of hydrogen-bond donors (Lipinski definition) is 0. The van der Waals surface area contributed by atoms with Crippen molar-refractivity contribution in [2.24, 2.45) is 0 Å². The van der Waals surface area contributed by atoms with Gasteiger partial charge in [0.1, 0.15) is 11.5 Å². The Hall–Kier alpha value is -2.66. The van der Waals surface area contributed by atoms with E-state index in [4.69, 9.17) is 4.74 Å². The molecule has 0 aliphatic carbocycles. The molecule has 2 heterocycles. The molecule has 5 nitrogen and oxygen atoms in total. The molecule has 0 atom stereocenters. The Kier molecular flexibility index (Phi) is 4.24. The summed E-state index contributed by atoms with van der Waals surface area (Å²) in [5, 5.41) is 0. The number of hydrogen-bond acceptors (Lipinski definition) is 5. The second-order valence-electron chi connectivity index (χ2n) is 6.75. The smallest absolute Gasteiger partial charge is 0.129 e. The molecule has 0 spiro atoms. The lowest BCUT2D eigenvalue weighted by atomic mass is 10.2. The van der Waals surface area contributed by atoms with Gasteiger partial charge in [-0.15, -0.1) is 0 Å². The zero-order chi connectivity index (χ0) is 17.2. The van der Waals surface area contributed by atoms with Gasteiger partial charge in [0.2, 0.25) is 0 Å². The summed E-state index contributed by atoms with van der Waals surface area (Å²) < 4.78 is 6.13. The van der Waals surface area contributed by atoms with E-state index in [-0.39, 0.29) is 0 Å². The quantitative estimate of drug-likeness (QED) is 0.851. The fourth-order valence-electron chi connectivity index (χ4n) is 3.24. The third-order valence-electron chi connectivity index (χ3n) is 4.61. The predicted octanol–water partition coefficient (Wildman–Crippen LogP) is 3.37. The van der Waals surface area contributed by atoms with E-state index in [2.05, 4.69) is 76.4 Å². The minimum Gasteiger partial charge on any atom is -0.457 e. The highest BCUT2D eigenvalue weighted by molar-refractivity contribution is 5.56. The molecular weight excluding hydrogens is 312 g/mol. The molecule has 0 amide bonds. The van der Waals surface area contributed by atoms with Crippen LogP contribution in [0.1, 0.15) is 0 Å². The van der Waals surface area contributed by atoms with Gasteiger partial charge in [0.05, 0.1) is 13.3 Å². The van der Waals surface area contributed by atoms with Gasteiger partial charge in [0.25, 0.3) is 0 Å². The normalized spacial score (nSPS) is 17.6. The van der Waals surface area contributed by atoms with Crippen LogP contribution < -0.4 is 14.5 Å². The van der Waals surface area contributed by atoms with Crippen LogP contribution in [0.4, 0.5) is 11.4 Å². The van der Waals surface area contributed by atoms with Crippen molar-refractivity contribution >= 4 is 11.4 Å². The standard InChI is InChI=1S/C20H24N4O/c1-21-9-11-23(15-21)17-5-3-7-19(13-17)25-20-8-4-6-18(14-20)24-12-10-22(2)16-24/h3-9,11,13-14H,10,12,15-16H2,1-2H3. The van der Waals surface area contributed by atoms with Crippen LogP contribution in [0.3, 0.4) is 0 Å². The summed E-state index contributed by atoms with van der Waals surface area (Å²) in [4.78, 5) is 9.03. The van der Waals surface area contributed by atoms with E-state index in [1.165, 1.54) is 5.69 Å². The Labute approximate surface area is 149 Å². The SMILES string of the molecule is CN1C=CN(c2cccc(Oc3cccc(N4CCN(C)C4)c3)c2)C1. The molecule has 5 heteroatoms. The minimum atomic E-state index is 0.858. The summed E-state index contributed by atoms with van der Waals surface area (Å²) in [7, 11) is 4.22. The van der Waals surface area contributed by atoms with Gasteiger partial charge in [0, 0.05) is 56.0 Å². The largest absolute Gasteiger partial charge is 0.457 e. The van der Waals surface area contributed by atoms with Crippen LogP contribution in [0.2, 0.25) is 0 Å². The molecule has 25 heavy (non-hydrogen) atoms. The van der Waals surface area contributed by atoms with Crippen LogP contribution in [0, 0.1) is 0 Å². The first kappa shape index (κ1) is 15.8. The Bertz CT molecular complexity index is 776. The maximum atomic E-state index is 6.13. The molecule has 2 aliphatic rings. The summed E-state index contributed by atoms with van der Waals surface area (Å²) in [6, 6.07) is 16.6. The van der Waals surface area contributed by atoms with Crippen LogP contribution in [0.5, 0.6) is 11.5 Å². The van der Waals surface area contributed by atoms with Crippen molar-refractivity contribution in [3.8, 4) is 11.5 Å². The molecular formula is C20H24N4O. The van der Waals surface area contributed by atoms with Gasteiger partial charge in [-0.3, -0.25) is 4.90 Å². The number of likely N-dealkylation sites (N-methyl/N-ethyl adjacent to an activating group) is 1. The fraction of sp³-hybridized carbons (Fsp3) is 0.300. The molecule has 130 valence electrons. The van der Waals surface area contributed by atoms with Gasteiger partial charge >= 0.3 is 0 Å². The van der Waals surface area contributed by atoms with Crippen LogP contribution in [0.15, 0.2) is 60.9 Å². The summed E-state index contributed by atoms with van der Waals surface area (Å²) in [6.45, 7) is 3.99. The molecule has 2 aromatic carbocycles. The van der Waals surface area contributed by atoms with Crippen molar-refractivity contribution < 1.29 is 4.74 Å². The van der Waals surface area contributed by atoms with Crippen molar-refractivity contribution in [1.82, 2.24) is 9.80 Å². The molecule has 0 saturated carbocycles. The van der Waals surface area contributed by atoms with Gasteiger partial charge in [-0.25, -0.2) is 0 Å². The molecule has 0 aromatic heterocycles. The van der Waals surface area contributed by atoms with Gasteiger partial charge in [-0.2, -0.15) is 0 Å². The van der Waals surface area contributed by atoms with Crippen LogP contribution in [-0.4, -0.2) is 50.3 Å². The Balaban J connectivity index is 1.50. The van der Waals surface area contributed by atoms with E-state index in [1.54, 1.807) is 0 Å². The van der Waals surface area contributed by atoms with Crippen molar-refractivity contribution in [2.45, 2.75) is 0 Å². The topological polar surface area (TPSA) is 22.2 Å². The minimum absolute atomic E-state index is 0.858. The first-order valence-corrected chi connectivity index (χ1v) is 8.64. The lowest BCUT2D eigenvalue weighted by Crippen LogP contribution is -2.22. The average molecular weight is 336 g/mol. The van der Waals surface area contributed by atoms with Gasteiger partial charge in [-0.05, 0) is 31.3 Å². The number of ether oxygens (including phenoxy) is 1. The summed E-state index contributed by atoms with van der Waals surface area (Å²) in [5.74, 6) is 1.73. The second-order valence-corrected chi connectivity index (χ2v) is 6.75. The molecule has 2 aliphatic heterocycles. The molecule has 2 aromatic rings. The van der Waals surface area contributed by atoms with Crippen molar-refractivity contribution in [1.29, 1.82) is 0 Å². The lowest BCUT2D eigenvalue weighted by molar-refractivity contribution is 0.421. The fourth-order valence-corrected chi connectivity index (χ4v) is 3.24. The van der Waals surface area contributed by atoms with Crippen molar-refractivity contribution in [2.75, 3.05) is 50.3 Å². The van der Waals surface area contributed by atoms with Gasteiger partial charge < -0.3 is 19.4 Å². The third kappa shape index (κ3) is 3.56. The molecule has 1 saturated heterocycles. The number of rotatable bonds is 4. The molecule has 4 rings (SSSR count). The number of benzene rings is 2. The number of nitrogens with zero attached hydrogens (tertiary/aromatic N) is 4. The number of anilines is 2. The second kappa shape index (κ2) is 6.69. The first-order chi connectivity index (χ1) is 12.2. The molecule has 0 N–H and O–H groups in total. The van der Waals surface area contributed by atoms with Crippen molar-refractivity contribution in [3.63, 3.8) is 0 Å². The zero-order valence-corrected chi connectivity index (χ0v) is 14.8. The first-order valence-electron chi connectivity index (χ1n) is 8.64. The summed E-state index contributed by atoms with van der Waals surface area (Å²) >= 11 is 0. The molecule has 0 radical (unpaired) electrons. The highest BCUT2D eigenvalue weighted by Gasteiger charge is 2.17. The van der Waals surface area contributed by atoms with Gasteiger partial charge in [0.15, 0.2) is 0 Å². The maximum Gasteiger partial charge on any atom is 0.129 e. The van der Waals surface area contributed by atoms with E-state index in [0.717, 1.165) is 43.6 Å². The highest BCUT2D eigenvalue weighted by atomic mass is 16.5.